The Hall–Kier alpha value is -2.08. The van der Waals surface area contributed by atoms with Gasteiger partial charge in [0, 0.05) is 18.7 Å². The lowest BCUT2D eigenvalue weighted by Crippen LogP contribution is -2.48. The van der Waals surface area contributed by atoms with Crippen molar-refractivity contribution in [1.29, 1.82) is 0 Å². The molecular formula is C15H21N3O3. The summed E-state index contributed by atoms with van der Waals surface area (Å²) in [7, 11) is 0. The summed E-state index contributed by atoms with van der Waals surface area (Å²) in [4.78, 5) is 25.0. The summed E-state index contributed by atoms with van der Waals surface area (Å²) in [5, 5.41) is 15.3. The minimum atomic E-state index is -0.978. The summed E-state index contributed by atoms with van der Waals surface area (Å²) >= 11 is 0. The van der Waals surface area contributed by atoms with Gasteiger partial charge in [0.2, 0.25) is 0 Å². The number of carboxylic acid groups (broad SMARTS) is 1. The van der Waals surface area contributed by atoms with E-state index in [2.05, 4.69) is 10.6 Å². The predicted octanol–water partition coefficient (Wildman–Crippen LogP) is 1.21. The fourth-order valence-electron chi connectivity index (χ4n) is 2.51. The number of fused-ring (bicyclic) bond motifs is 1. The number of rotatable bonds is 6. The van der Waals surface area contributed by atoms with Gasteiger partial charge in [0.15, 0.2) is 0 Å². The van der Waals surface area contributed by atoms with Crippen LogP contribution in [0, 0.1) is 0 Å². The van der Waals surface area contributed by atoms with E-state index < -0.39 is 12.0 Å². The summed E-state index contributed by atoms with van der Waals surface area (Å²) < 4.78 is 0. The van der Waals surface area contributed by atoms with Crippen molar-refractivity contribution in [2.24, 2.45) is 0 Å². The maximum Gasteiger partial charge on any atom is 0.327 e. The number of nitrogens with one attached hydrogen (secondary N) is 2. The molecule has 0 saturated heterocycles. The standard InChI is InChI=1S/C15H21N3O3/c1-2-16-8-5-9-17-15(21)18-12-7-4-3-6-11(12)10-13(18)14(19)20/h3-4,6-7,13,16H,2,5,8-10H2,1H3,(H,17,21)(H,19,20)/t13-/m0/s1. The van der Waals surface area contributed by atoms with E-state index >= 15 is 0 Å². The largest absolute Gasteiger partial charge is 0.480 e. The monoisotopic (exact) mass is 291 g/mol. The van der Waals surface area contributed by atoms with Gasteiger partial charge >= 0.3 is 12.0 Å². The van der Waals surface area contributed by atoms with Crippen LogP contribution in [-0.2, 0) is 11.2 Å². The second kappa shape index (κ2) is 7.08. The predicted molar refractivity (Wildman–Crippen MR) is 80.6 cm³/mol. The van der Waals surface area contributed by atoms with Gasteiger partial charge in [-0.15, -0.1) is 0 Å². The number of carbonyl (C=O) groups excluding carboxylic acids is 1. The number of nitrogens with zero attached hydrogens (tertiary/aromatic N) is 1. The number of hydrogen-bond donors (Lipinski definition) is 3. The fraction of sp³-hybridized carbons (Fsp3) is 0.467. The van der Waals surface area contributed by atoms with Crippen molar-refractivity contribution in [2.45, 2.75) is 25.8 Å². The van der Waals surface area contributed by atoms with E-state index in [-0.39, 0.29) is 6.03 Å². The highest BCUT2D eigenvalue weighted by Gasteiger charge is 2.38. The molecule has 1 heterocycles. The highest BCUT2D eigenvalue weighted by molar-refractivity contribution is 6.01. The molecule has 0 bridgehead atoms. The third-order valence-corrected chi connectivity index (χ3v) is 3.54. The summed E-state index contributed by atoms with van der Waals surface area (Å²) in [6.45, 7) is 4.28. The molecule has 1 aliphatic rings. The SMILES string of the molecule is CCNCCCNC(=O)N1c2ccccc2C[C@H]1C(=O)O. The number of urea groups is 1. The van der Waals surface area contributed by atoms with Gasteiger partial charge in [-0.3, -0.25) is 4.90 Å². The van der Waals surface area contributed by atoms with Gasteiger partial charge in [0.1, 0.15) is 6.04 Å². The van der Waals surface area contributed by atoms with E-state index in [1.54, 1.807) is 6.07 Å². The molecule has 0 spiro atoms. The van der Waals surface area contributed by atoms with E-state index in [4.69, 9.17) is 0 Å². The van der Waals surface area contributed by atoms with E-state index in [0.29, 0.717) is 18.7 Å². The molecule has 0 radical (unpaired) electrons. The average Bonchev–Trinajstić information content (AvgIpc) is 2.86. The lowest BCUT2D eigenvalue weighted by atomic mass is 10.1. The van der Waals surface area contributed by atoms with Crippen molar-refractivity contribution in [3.63, 3.8) is 0 Å². The van der Waals surface area contributed by atoms with Gasteiger partial charge in [-0.05, 0) is 31.1 Å². The summed E-state index contributed by atoms with van der Waals surface area (Å²) in [5.74, 6) is -0.978. The highest BCUT2D eigenvalue weighted by atomic mass is 16.4. The highest BCUT2D eigenvalue weighted by Crippen LogP contribution is 2.32. The second-order valence-corrected chi connectivity index (χ2v) is 5.00. The van der Waals surface area contributed by atoms with Crippen molar-refractivity contribution < 1.29 is 14.7 Å². The average molecular weight is 291 g/mol. The molecule has 1 atom stereocenters. The first-order chi connectivity index (χ1) is 10.1. The van der Waals surface area contributed by atoms with Crippen molar-refractivity contribution in [1.82, 2.24) is 10.6 Å². The minimum absolute atomic E-state index is 0.344. The second-order valence-electron chi connectivity index (χ2n) is 5.00. The molecular weight excluding hydrogens is 270 g/mol. The number of amides is 2. The first-order valence-corrected chi connectivity index (χ1v) is 7.23. The molecule has 0 unspecified atom stereocenters. The maximum absolute atomic E-state index is 12.3. The Morgan fingerprint density at radius 3 is 2.81 bits per heavy atom. The van der Waals surface area contributed by atoms with Gasteiger partial charge in [-0.1, -0.05) is 25.1 Å². The normalized spacial score (nSPS) is 16.6. The van der Waals surface area contributed by atoms with Gasteiger partial charge < -0.3 is 15.7 Å². The Balaban J connectivity index is 2.01. The Morgan fingerprint density at radius 1 is 1.33 bits per heavy atom. The van der Waals surface area contributed by atoms with E-state index in [1.807, 2.05) is 25.1 Å². The molecule has 6 nitrogen and oxygen atoms in total. The van der Waals surface area contributed by atoms with Gasteiger partial charge in [-0.2, -0.15) is 0 Å². The van der Waals surface area contributed by atoms with Crippen molar-refractivity contribution in [2.75, 3.05) is 24.5 Å². The summed E-state index contributed by atoms with van der Waals surface area (Å²) in [5.41, 5.74) is 1.58. The zero-order valence-electron chi connectivity index (χ0n) is 12.1. The Morgan fingerprint density at radius 2 is 2.10 bits per heavy atom. The molecule has 2 amide bonds. The number of para-hydroxylation sites is 1. The van der Waals surface area contributed by atoms with E-state index in [0.717, 1.165) is 25.1 Å². The van der Waals surface area contributed by atoms with Gasteiger partial charge in [0.05, 0.1) is 0 Å². The first-order valence-electron chi connectivity index (χ1n) is 7.23. The lowest BCUT2D eigenvalue weighted by molar-refractivity contribution is -0.138. The maximum atomic E-state index is 12.3. The molecule has 1 aromatic rings. The molecule has 0 aliphatic carbocycles. The van der Waals surface area contributed by atoms with Crippen LogP contribution in [0.5, 0.6) is 0 Å². The Labute approximate surface area is 124 Å². The van der Waals surface area contributed by atoms with E-state index in [1.165, 1.54) is 4.90 Å². The number of aliphatic carboxylic acids is 1. The van der Waals surface area contributed by atoms with E-state index in [9.17, 15) is 14.7 Å². The number of carbonyl (C=O) groups is 2. The van der Waals surface area contributed by atoms with Crippen LogP contribution in [0.15, 0.2) is 24.3 Å². The molecule has 1 aliphatic heterocycles. The molecule has 0 saturated carbocycles. The topological polar surface area (TPSA) is 81.7 Å². The van der Waals surface area contributed by atoms with Crippen LogP contribution >= 0.6 is 0 Å². The number of hydrogen-bond acceptors (Lipinski definition) is 3. The van der Waals surface area contributed by atoms with Crippen LogP contribution in [-0.4, -0.2) is 42.8 Å². The van der Waals surface area contributed by atoms with Crippen molar-refractivity contribution in [3.05, 3.63) is 29.8 Å². The van der Waals surface area contributed by atoms with Crippen LogP contribution in [0.25, 0.3) is 0 Å². The molecule has 6 heteroatoms. The van der Waals surface area contributed by atoms with Crippen molar-refractivity contribution in [3.8, 4) is 0 Å². The van der Waals surface area contributed by atoms with Crippen LogP contribution < -0.4 is 15.5 Å². The van der Waals surface area contributed by atoms with Crippen LogP contribution in [0.1, 0.15) is 18.9 Å². The third-order valence-electron chi connectivity index (χ3n) is 3.54. The smallest absolute Gasteiger partial charge is 0.327 e. The van der Waals surface area contributed by atoms with Crippen LogP contribution in [0.4, 0.5) is 10.5 Å². The summed E-state index contributed by atoms with van der Waals surface area (Å²) in [6, 6.07) is 6.16. The van der Waals surface area contributed by atoms with Crippen LogP contribution in [0.3, 0.4) is 0 Å². The van der Waals surface area contributed by atoms with Gasteiger partial charge in [0.25, 0.3) is 0 Å². The number of carboxylic acids is 1. The minimum Gasteiger partial charge on any atom is -0.480 e. The van der Waals surface area contributed by atoms with Gasteiger partial charge in [-0.25, -0.2) is 9.59 Å². The molecule has 0 fully saturated rings. The molecule has 3 N–H and O–H groups in total. The Bertz CT molecular complexity index is 519. The molecule has 2 rings (SSSR count). The summed E-state index contributed by atoms with van der Waals surface area (Å²) in [6.07, 6.45) is 1.17. The number of benzene rings is 1. The number of anilines is 1. The lowest BCUT2D eigenvalue weighted by Gasteiger charge is -2.23. The Kier molecular flexibility index (Phi) is 5.16. The quantitative estimate of drug-likeness (QED) is 0.688. The van der Waals surface area contributed by atoms with Crippen LogP contribution in [0.2, 0.25) is 0 Å². The fourth-order valence-corrected chi connectivity index (χ4v) is 2.51. The first kappa shape index (κ1) is 15.3. The third kappa shape index (κ3) is 3.52. The zero-order chi connectivity index (χ0) is 15.2. The zero-order valence-corrected chi connectivity index (χ0v) is 12.1. The molecule has 21 heavy (non-hydrogen) atoms. The molecule has 114 valence electrons. The molecule has 1 aromatic carbocycles. The molecule has 0 aromatic heterocycles. The van der Waals surface area contributed by atoms with Crippen molar-refractivity contribution >= 4 is 17.7 Å².